The van der Waals surface area contributed by atoms with E-state index >= 15 is 0 Å². The van der Waals surface area contributed by atoms with E-state index in [1.54, 1.807) is 35.3 Å². The zero-order valence-corrected chi connectivity index (χ0v) is 20.3. The largest absolute Gasteiger partial charge is 0.483 e. The number of methoxy groups -OCH3 is 1. The van der Waals surface area contributed by atoms with Crippen LogP contribution in [0.5, 0.6) is 5.75 Å². The number of ether oxygens (including phenoxy) is 3. The van der Waals surface area contributed by atoms with E-state index in [-0.39, 0.29) is 25.5 Å². The molecule has 1 N–H and O–H groups in total. The second-order valence-corrected chi connectivity index (χ2v) is 8.33. The van der Waals surface area contributed by atoms with E-state index in [1.807, 2.05) is 4.90 Å². The summed E-state index contributed by atoms with van der Waals surface area (Å²) in [6.45, 7) is 3.28. The number of piperazine rings is 1. The van der Waals surface area contributed by atoms with Crippen LogP contribution in [0.3, 0.4) is 0 Å². The van der Waals surface area contributed by atoms with Crippen molar-refractivity contribution in [2.75, 3.05) is 51.4 Å². The van der Waals surface area contributed by atoms with Gasteiger partial charge in [0, 0.05) is 39.5 Å². The van der Waals surface area contributed by atoms with Crippen molar-refractivity contribution in [1.29, 1.82) is 5.26 Å². The molecule has 2 aromatic heterocycles. The molecule has 3 rings (SSSR count). The van der Waals surface area contributed by atoms with E-state index in [4.69, 9.17) is 14.2 Å². The molecule has 0 bridgehead atoms. The number of nitrogens with one attached hydrogen (secondary N) is 1. The number of carbonyl (C=O) groups excluding carboxylic acids is 1. The van der Waals surface area contributed by atoms with Crippen LogP contribution >= 0.6 is 0 Å². The number of hydrogen-bond acceptors (Lipinski definition) is 9. The Labute approximate surface area is 210 Å². The fourth-order valence-electron chi connectivity index (χ4n) is 3.83. The van der Waals surface area contributed by atoms with E-state index in [1.165, 1.54) is 7.11 Å². The molecule has 2 atom stereocenters. The highest BCUT2D eigenvalue weighted by atomic mass is 19.4. The lowest BCUT2D eigenvalue weighted by Crippen LogP contribution is -2.49. The van der Waals surface area contributed by atoms with Crippen molar-refractivity contribution < 1.29 is 32.2 Å². The highest BCUT2D eigenvalue weighted by molar-refractivity contribution is 5.77. The average Bonchev–Trinajstić information content (AvgIpc) is 2.86. The molecule has 37 heavy (non-hydrogen) atoms. The first-order chi connectivity index (χ1) is 17.6. The Morgan fingerprint density at radius 1 is 1.27 bits per heavy atom. The predicted molar refractivity (Wildman–Crippen MR) is 124 cm³/mol. The first-order valence-corrected chi connectivity index (χ1v) is 11.4. The molecule has 0 aromatic carbocycles. The lowest BCUT2D eigenvalue weighted by atomic mass is 10.2. The summed E-state index contributed by atoms with van der Waals surface area (Å²) in [5.41, 5.74) is -2.46. The third kappa shape index (κ3) is 7.40. The van der Waals surface area contributed by atoms with E-state index < -0.39 is 35.3 Å². The van der Waals surface area contributed by atoms with Gasteiger partial charge in [0.25, 0.3) is 5.56 Å². The van der Waals surface area contributed by atoms with Crippen LogP contribution < -0.4 is 15.2 Å². The van der Waals surface area contributed by atoms with Crippen LogP contribution in [-0.4, -0.2) is 84.7 Å². The van der Waals surface area contributed by atoms with Crippen molar-refractivity contribution in [3.05, 3.63) is 46.0 Å². The number of aromatic nitrogens is 3. The molecule has 1 aliphatic heterocycles. The fourth-order valence-corrected chi connectivity index (χ4v) is 3.83. The van der Waals surface area contributed by atoms with Gasteiger partial charge in [-0.25, -0.2) is 10.1 Å². The van der Waals surface area contributed by atoms with E-state index in [0.717, 1.165) is 6.20 Å². The fraction of sp³-hybridized carbons (Fsp3) is 0.522. The van der Waals surface area contributed by atoms with Gasteiger partial charge in [0.05, 0.1) is 37.5 Å². The Hall–Kier alpha value is -3.70. The minimum Gasteiger partial charge on any atom is -0.483 e. The Balaban J connectivity index is 1.52. The molecule has 1 amide bonds. The minimum atomic E-state index is -4.94. The van der Waals surface area contributed by atoms with Crippen molar-refractivity contribution in [3.63, 3.8) is 0 Å². The third-order valence-electron chi connectivity index (χ3n) is 5.62. The van der Waals surface area contributed by atoms with Gasteiger partial charge in [-0.1, -0.05) is 0 Å². The molecule has 0 radical (unpaired) electrons. The predicted octanol–water partition coefficient (Wildman–Crippen LogP) is 1.59. The standard InChI is InChI=1S/C23H27F3N6O5/c1-15(10-19(33)31-6-8-32(9-7-31)21-16(11-27)4-3-5-28-21)36-14-17(13-35-2)37-18-12-29-30-22(34)20(18)23(24,25)26/h3-5,12,15,17H,6-10,13-14H2,1-2H3,(H,30,34)/t15-,17+/m0/s1. The van der Waals surface area contributed by atoms with Crippen LogP contribution in [0.15, 0.2) is 29.3 Å². The molecule has 2 aromatic rings. The number of rotatable bonds is 10. The Morgan fingerprint density at radius 2 is 2.00 bits per heavy atom. The van der Waals surface area contributed by atoms with Gasteiger partial charge in [-0.3, -0.25) is 9.59 Å². The molecule has 14 heteroatoms. The summed E-state index contributed by atoms with van der Waals surface area (Å²) in [7, 11) is 1.34. The highest BCUT2D eigenvalue weighted by Crippen LogP contribution is 2.33. The lowest BCUT2D eigenvalue weighted by Gasteiger charge is -2.36. The smallest absolute Gasteiger partial charge is 0.425 e. The van der Waals surface area contributed by atoms with Gasteiger partial charge in [0.1, 0.15) is 18.0 Å². The maximum Gasteiger partial charge on any atom is 0.425 e. The zero-order valence-electron chi connectivity index (χ0n) is 20.3. The lowest BCUT2D eigenvalue weighted by molar-refractivity contribution is -0.142. The normalized spacial score (nSPS) is 15.7. The summed E-state index contributed by atoms with van der Waals surface area (Å²) < 4.78 is 55.9. The molecule has 1 saturated heterocycles. The van der Waals surface area contributed by atoms with Crippen molar-refractivity contribution in [2.24, 2.45) is 0 Å². The number of carbonyl (C=O) groups is 1. The van der Waals surface area contributed by atoms with Crippen molar-refractivity contribution in [1.82, 2.24) is 20.1 Å². The number of aromatic amines is 1. The van der Waals surface area contributed by atoms with Crippen molar-refractivity contribution >= 4 is 11.7 Å². The molecule has 0 unspecified atom stereocenters. The first kappa shape index (κ1) is 27.9. The van der Waals surface area contributed by atoms with Crippen molar-refractivity contribution in [2.45, 2.75) is 31.7 Å². The number of alkyl halides is 3. The number of H-pyrrole nitrogens is 1. The number of amides is 1. The summed E-state index contributed by atoms with van der Waals surface area (Å²) in [5, 5.41) is 14.4. The minimum absolute atomic E-state index is 0.0487. The number of halogens is 3. The Morgan fingerprint density at radius 3 is 2.65 bits per heavy atom. The maximum absolute atomic E-state index is 13.3. The molecule has 3 heterocycles. The van der Waals surface area contributed by atoms with Crippen LogP contribution in [-0.2, 0) is 20.4 Å². The Bertz CT molecular complexity index is 1160. The maximum atomic E-state index is 13.3. The van der Waals surface area contributed by atoms with Gasteiger partial charge in [0.15, 0.2) is 11.3 Å². The SMILES string of the molecule is COC[C@H](CO[C@@H](C)CC(=O)N1CCN(c2ncccc2C#N)CC1)Oc1cn[nH]c(=O)c1C(F)(F)F. The molecule has 200 valence electrons. The number of pyridine rings is 1. The summed E-state index contributed by atoms with van der Waals surface area (Å²) in [6.07, 6.45) is -4.06. The summed E-state index contributed by atoms with van der Waals surface area (Å²) in [5.74, 6) is -0.297. The van der Waals surface area contributed by atoms with Crippen LogP contribution in [0.1, 0.15) is 24.5 Å². The van der Waals surface area contributed by atoms with Crippen LogP contribution in [0, 0.1) is 11.3 Å². The quantitative estimate of drug-likeness (QED) is 0.492. The van der Waals surface area contributed by atoms with E-state index in [0.29, 0.717) is 37.6 Å². The zero-order chi connectivity index (χ0) is 27.0. The van der Waals surface area contributed by atoms with E-state index in [2.05, 4.69) is 16.2 Å². The van der Waals surface area contributed by atoms with Gasteiger partial charge in [0.2, 0.25) is 5.91 Å². The van der Waals surface area contributed by atoms with Gasteiger partial charge in [-0.05, 0) is 19.1 Å². The summed E-state index contributed by atoms with van der Waals surface area (Å²) in [6, 6.07) is 5.50. The molecular weight excluding hydrogens is 497 g/mol. The number of nitriles is 1. The second-order valence-electron chi connectivity index (χ2n) is 8.33. The topological polar surface area (TPSA) is 134 Å². The van der Waals surface area contributed by atoms with Gasteiger partial charge in [-0.2, -0.15) is 23.5 Å². The van der Waals surface area contributed by atoms with Gasteiger partial charge < -0.3 is 24.0 Å². The molecule has 11 nitrogen and oxygen atoms in total. The first-order valence-electron chi connectivity index (χ1n) is 11.4. The molecule has 0 spiro atoms. The third-order valence-corrected chi connectivity index (χ3v) is 5.62. The van der Waals surface area contributed by atoms with E-state index in [9.17, 15) is 28.0 Å². The van der Waals surface area contributed by atoms with Crippen LogP contribution in [0.2, 0.25) is 0 Å². The second kappa shape index (κ2) is 12.5. The number of nitrogens with zero attached hydrogens (tertiary/aromatic N) is 5. The number of anilines is 1. The monoisotopic (exact) mass is 524 g/mol. The Kier molecular flexibility index (Phi) is 9.42. The van der Waals surface area contributed by atoms with Crippen LogP contribution in [0.25, 0.3) is 0 Å². The summed E-state index contributed by atoms with van der Waals surface area (Å²) >= 11 is 0. The summed E-state index contributed by atoms with van der Waals surface area (Å²) in [4.78, 5) is 32.3. The average molecular weight is 525 g/mol. The molecule has 1 aliphatic rings. The van der Waals surface area contributed by atoms with Gasteiger partial charge in [-0.15, -0.1) is 0 Å². The van der Waals surface area contributed by atoms with Gasteiger partial charge >= 0.3 is 6.18 Å². The molecular formula is C23H27F3N6O5. The van der Waals surface area contributed by atoms with Crippen LogP contribution in [0.4, 0.5) is 19.0 Å². The highest BCUT2D eigenvalue weighted by Gasteiger charge is 2.39. The number of hydrogen-bond donors (Lipinski definition) is 1. The van der Waals surface area contributed by atoms with Crippen molar-refractivity contribution in [3.8, 4) is 11.8 Å². The molecule has 1 fully saturated rings. The molecule has 0 saturated carbocycles. The molecule has 0 aliphatic carbocycles.